The Labute approximate surface area is 74.2 Å². The zero-order valence-electron chi connectivity index (χ0n) is 4.59. The molecule has 58 valence electrons. The lowest BCUT2D eigenvalue weighted by molar-refractivity contribution is 0.517. The second-order valence-corrected chi connectivity index (χ2v) is 2.96. The Morgan fingerprint density at radius 2 is 1.33 bits per heavy atom. The predicted octanol–water partition coefficient (Wildman–Crippen LogP) is 3.22. The van der Waals surface area contributed by atoms with E-state index in [9.17, 15) is 4.39 Å². The monoisotopic (exact) mass is 214 g/mol. The van der Waals surface area contributed by atoms with Crippen molar-refractivity contribution in [3.8, 4) is 0 Å². The molecule has 0 fully saturated rings. The summed E-state index contributed by atoms with van der Waals surface area (Å²) in [4.78, 5) is -0.838. The minimum atomic E-state index is -0.838. The highest BCUT2D eigenvalue weighted by atomic mass is 35.5. The Morgan fingerprint density at radius 1 is 1.11 bits per heavy atom. The van der Waals surface area contributed by atoms with Crippen molar-refractivity contribution in [3.63, 3.8) is 0 Å². The van der Waals surface area contributed by atoms with E-state index < -0.39 is 11.5 Å². The first kappa shape index (κ1) is 12.7. The van der Waals surface area contributed by atoms with Crippen molar-refractivity contribution in [2.24, 2.45) is 0 Å². The lowest BCUT2D eigenvalue weighted by atomic mass is 10.9. The van der Waals surface area contributed by atoms with E-state index in [1.165, 1.54) is 0 Å². The number of alkyl halides is 5. The van der Waals surface area contributed by atoms with Gasteiger partial charge in [-0.2, -0.15) is 0 Å². The summed E-state index contributed by atoms with van der Waals surface area (Å²) >= 11 is 19.8. The summed E-state index contributed by atoms with van der Waals surface area (Å²) < 4.78 is 10.9. The fraction of sp³-hybridized carbons (Fsp3) is 1.00. The van der Waals surface area contributed by atoms with Crippen molar-refractivity contribution >= 4 is 46.4 Å². The largest absolute Gasteiger partial charge is 0.248 e. The third-order valence-corrected chi connectivity index (χ3v) is 0.993. The lowest BCUT2D eigenvalue weighted by Gasteiger charge is -1.81. The molecule has 0 rings (SSSR count). The van der Waals surface area contributed by atoms with Gasteiger partial charge in [0.25, 0.3) is 0 Å². The summed E-state index contributed by atoms with van der Waals surface area (Å²) in [6.45, 7) is -0.664. The van der Waals surface area contributed by atoms with Crippen molar-refractivity contribution in [2.75, 3.05) is 18.4 Å². The van der Waals surface area contributed by atoms with Gasteiger partial charge >= 0.3 is 0 Å². The van der Waals surface area contributed by atoms with Gasteiger partial charge < -0.3 is 0 Å². The van der Waals surface area contributed by atoms with Crippen LogP contribution in [0.2, 0.25) is 0 Å². The number of rotatable bonds is 2. The van der Waals surface area contributed by atoms with E-state index in [1.807, 2.05) is 0 Å². The third kappa shape index (κ3) is 27.3. The van der Waals surface area contributed by atoms with Crippen LogP contribution in [0.25, 0.3) is 0 Å². The van der Waals surface area contributed by atoms with Gasteiger partial charge in [-0.3, -0.25) is 0 Å². The van der Waals surface area contributed by atoms with Crippen LogP contribution < -0.4 is 0 Å². The van der Waals surface area contributed by atoms with Gasteiger partial charge in [-0.15, -0.1) is 46.4 Å². The van der Waals surface area contributed by atoms with Gasteiger partial charge in [0, 0.05) is 11.8 Å². The van der Waals surface area contributed by atoms with Crippen molar-refractivity contribution in [1.82, 2.24) is 0 Å². The van der Waals surface area contributed by atoms with Crippen molar-refractivity contribution in [1.29, 1.82) is 0 Å². The molecule has 0 saturated carbocycles. The SMILES string of the molecule is ClCCCl.FCC(Cl)Cl. The number of hydrogen-bond acceptors (Lipinski definition) is 0. The van der Waals surface area contributed by atoms with Crippen LogP contribution in [-0.4, -0.2) is 23.3 Å². The Bertz CT molecular complexity index is 39.5. The zero-order valence-corrected chi connectivity index (χ0v) is 7.61. The quantitative estimate of drug-likeness (QED) is 0.621. The highest BCUT2D eigenvalue weighted by Gasteiger charge is 1.90. The maximum atomic E-state index is 10.9. The maximum absolute atomic E-state index is 10.9. The van der Waals surface area contributed by atoms with Crippen LogP contribution in [0.1, 0.15) is 0 Å². The lowest BCUT2D eigenvalue weighted by Crippen LogP contribution is -1.84. The predicted molar refractivity (Wildman–Crippen MR) is 42.9 cm³/mol. The van der Waals surface area contributed by atoms with Crippen molar-refractivity contribution < 1.29 is 4.39 Å². The molecule has 9 heavy (non-hydrogen) atoms. The first-order chi connectivity index (χ1) is 4.18. The molecule has 0 bridgehead atoms. The minimum absolute atomic E-state index is 0.557. The van der Waals surface area contributed by atoms with E-state index in [2.05, 4.69) is 0 Å². The molecule has 0 N–H and O–H groups in total. The van der Waals surface area contributed by atoms with E-state index >= 15 is 0 Å². The second-order valence-electron chi connectivity index (χ2n) is 0.923. The highest BCUT2D eigenvalue weighted by molar-refractivity contribution is 6.44. The molecule has 0 aliphatic heterocycles. The van der Waals surface area contributed by atoms with Crippen LogP contribution in [0.15, 0.2) is 0 Å². The van der Waals surface area contributed by atoms with Crippen LogP contribution in [0.4, 0.5) is 4.39 Å². The van der Waals surface area contributed by atoms with Gasteiger partial charge in [-0.25, -0.2) is 4.39 Å². The van der Waals surface area contributed by atoms with E-state index in [4.69, 9.17) is 46.4 Å². The maximum Gasteiger partial charge on any atom is 0.136 e. The van der Waals surface area contributed by atoms with E-state index in [-0.39, 0.29) is 0 Å². The Morgan fingerprint density at radius 3 is 1.33 bits per heavy atom. The van der Waals surface area contributed by atoms with Crippen molar-refractivity contribution in [2.45, 2.75) is 4.84 Å². The molecule has 0 aliphatic carbocycles. The molecule has 0 unspecified atom stereocenters. The fourth-order valence-corrected chi connectivity index (χ4v) is 0. The Hall–Kier alpha value is 1.09. The van der Waals surface area contributed by atoms with E-state index in [0.717, 1.165) is 0 Å². The molecule has 0 nitrogen and oxygen atoms in total. The molecule has 5 heteroatoms. The molecule has 0 saturated heterocycles. The average Bonchev–Trinajstić information content (AvgIpc) is 1.89. The molecule has 0 radical (unpaired) electrons. The smallest absolute Gasteiger partial charge is 0.136 e. The van der Waals surface area contributed by atoms with Gasteiger partial charge in [0.05, 0.1) is 0 Å². The molecule has 0 aromatic rings. The molecular formula is C4H7Cl4F. The Balaban J connectivity index is 0. The van der Waals surface area contributed by atoms with Gasteiger partial charge in [-0.1, -0.05) is 0 Å². The molecule has 0 amide bonds. The van der Waals surface area contributed by atoms with Crippen LogP contribution in [0, 0.1) is 0 Å². The second kappa shape index (κ2) is 11.8. The minimum Gasteiger partial charge on any atom is -0.248 e. The molecule has 0 spiro atoms. The first-order valence-electron chi connectivity index (χ1n) is 2.15. The van der Waals surface area contributed by atoms with Gasteiger partial charge in [0.2, 0.25) is 0 Å². The van der Waals surface area contributed by atoms with Gasteiger partial charge in [0.1, 0.15) is 11.5 Å². The average molecular weight is 216 g/mol. The van der Waals surface area contributed by atoms with Crippen LogP contribution >= 0.6 is 46.4 Å². The summed E-state index contributed by atoms with van der Waals surface area (Å²) in [5, 5.41) is 0. The van der Waals surface area contributed by atoms with Crippen LogP contribution in [0.5, 0.6) is 0 Å². The fourth-order valence-electron chi connectivity index (χ4n) is 0. The highest BCUT2D eigenvalue weighted by Crippen LogP contribution is 1.99. The number of halogens is 5. The molecule has 0 heterocycles. The Kier molecular flexibility index (Phi) is 16.8. The van der Waals surface area contributed by atoms with E-state index in [0.29, 0.717) is 11.8 Å². The molecule has 0 atom stereocenters. The summed E-state index contributed by atoms with van der Waals surface area (Å²) in [7, 11) is 0. The molecule has 0 aromatic heterocycles. The van der Waals surface area contributed by atoms with E-state index in [1.54, 1.807) is 0 Å². The van der Waals surface area contributed by atoms with Gasteiger partial charge in [-0.05, 0) is 0 Å². The topological polar surface area (TPSA) is 0 Å². The van der Waals surface area contributed by atoms with Crippen molar-refractivity contribution in [3.05, 3.63) is 0 Å². The standard InChI is InChI=1S/C2H3Cl2F.C2H4Cl2/c3-2(4)1-5;3-1-2-4/h2H,1H2;1-2H2. The number of hydrogen-bond donors (Lipinski definition) is 0. The van der Waals surface area contributed by atoms with Crippen LogP contribution in [-0.2, 0) is 0 Å². The van der Waals surface area contributed by atoms with Gasteiger partial charge in [0.15, 0.2) is 0 Å². The molecular weight excluding hydrogens is 209 g/mol. The third-order valence-electron chi connectivity index (χ3n) is 0.188. The molecule has 0 aromatic carbocycles. The normalized spacial score (nSPS) is 8.67. The zero-order chi connectivity index (χ0) is 7.70. The summed E-state index contributed by atoms with van der Waals surface area (Å²) in [5.74, 6) is 1.11. The summed E-state index contributed by atoms with van der Waals surface area (Å²) in [6.07, 6.45) is 0. The summed E-state index contributed by atoms with van der Waals surface area (Å²) in [5.41, 5.74) is 0. The summed E-state index contributed by atoms with van der Waals surface area (Å²) in [6, 6.07) is 0. The van der Waals surface area contributed by atoms with Crippen LogP contribution in [0.3, 0.4) is 0 Å². The first-order valence-corrected chi connectivity index (χ1v) is 4.09. The molecule has 0 aliphatic rings.